The van der Waals surface area contributed by atoms with Crippen molar-refractivity contribution in [3.8, 4) is 0 Å². The largest absolute Gasteiger partial charge is 0.314 e. The van der Waals surface area contributed by atoms with Crippen molar-refractivity contribution in [3.63, 3.8) is 0 Å². The van der Waals surface area contributed by atoms with Gasteiger partial charge in [0.1, 0.15) is 0 Å². The van der Waals surface area contributed by atoms with Crippen LogP contribution in [0.15, 0.2) is 29.2 Å². The summed E-state index contributed by atoms with van der Waals surface area (Å²) in [6.45, 7) is 5.69. The molecule has 20 heavy (non-hydrogen) atoms. The minimum absolute atomic E-state index is 0.715. The van der Waals surface area contributed by atoms with Gasteiger partial charge < -0.3 is 5.32 Å². The molecule has 0 bridgehead atoms. The van der Waals surface area contributed by atoms with Gasteiger partial charge in [0.25, 0.3) is 10.1 Å². The zero-order valence-corrected chi connectivity index (χ0v) is 13.5. The molecule has 1 aromatic carbocycles. The van der Waals surface area contributed by atoms with Crippen molar-refractivity contribution < 1.29 is 13.0 Å². The van der Waals surface area contributed by atoms with Crippen molar-refractivity contribution >= 4 is 21.9 Å². The van der Waals surface area contributed by atoms with Gasteiger partial charge in [-0.1, -0.05) is 12.1 Å². The highest BCUT2D eigenvalue weighted by Crippen LogP contribution is 2.15. The fourth-order valence-corrected chi connectivity index (χ4v) is 2.27. The van der Waals surface area contributed by atoms with E-state index in [1.54, 1.807) is 11.8 Å². The predicted octanol–water partition coefficient (Wildman–Crippen LogP) is 1.32. The van der Waals surface area contributed by atoms with Crippen LogP contribution < -0.4 is 5.32 Å². The van der Waals surface area contributed by atoms with E-state index in [1.807, 2.05) is 0 Å². The van der Waals surface area contributed by atoms with Crippen LogP contribution in [0.2, 0.25) is 0 Å². The number of hydrogen-bond donors (Lipinski definition) is 2. The number of thioether (sulfide) groups is 1. The number of piperazine rings is 1. The minimum Gasteiger partial charge on any atom is -0.314 e. The van der Waals surface area contributed by atoms with Gasteiger partial charge >= 0.3 is 0 Å². The van der Waals surface area contributed by atoms with E-state index in [0.29, 0.717) is 6.26 Å². The van der Waals surface area contributed by atoms with Gasteiger partial charge in [-0.25, -0.2) is 0 Å². The first-order valence-corrected chi connectivity index (χ1v) is 9.44. The fraction of sp³-hybridized carbons (Fsp3) is 0.538. The van der Waals surface area contributed by atoms with Gasteiger partial charge in [-0.05, 0) is 24.0 Å². The van der Waals surface area contributed by atoms with E-state index in [-0.39, 0.29) is 0 Å². The molecule has 114 valence electrons. The van der Waals surface area contributed by atoms with Crippen LogP contribution in [-0.2, 0) is 16.7 Å². The van der Waals surface area contributed by atoms with Crippen LogP contribution in [0.1, 0.15) is 5.56 Å². The summed E-state index contributed by atoms with van der Waals surface area (Å²) in [6.07, 6.45) is 2.83. The minimum atomic E-state index is -3.67. The molecule has 0 atom stereocenters. The molecule has 2 N–H and O–H groups in total. The number of nitrogens with zero attached hydrogens (tertiary/aromatic N) is 1. The normalized spacial score (nSPS) is 16.4. The standard InChI is InChI=1S/C12H18N2S.CH4O3S/c1-15-12-4-2-11(3-5-12)10-14-8-6-13-7-9-14;1-5(2,3)4/h2-5,13H,6-10H2,1H3;1H3,(H,2,3,4). The average molecular weight is 318 g/mol. The number of rotatable bonds is 3. The zero-order chi connectivity index (χ0) is 15.0. The summed E-state index contributed by atoms with van der Waals surface area (Å²) in [4.78, 5) is 3.85. The van der Waals surface area contributed by atoms with Gasteiger partial charge in [0.15, 0.2) is 0 Å². The van der Waals surface area contributed by atoms with E-state index in [1.165, 1.54) is 23.5 Å². The van der Waals surface area contributed by atoms with Crippen molar-refractivity contribution in [3.05, 3.63) is 29.8 Å². The van der Waals surface area contributed by atoms with Crippen LogP contribution in [0.5, 0.6) is 0 Å². The summed E-state index contributed by atoms with van der Waals surface area (Å²) >= 11 is 1.80. The lowest BCUT2D eigenvalue weighted by atomic mass is 10.2. The Labute approximate surface area is 125 Å². The van der Waals surface area contributed by atoms with E-state index in [9.17, 15) is 8.42 Å². The molecule has 1 aliphatic rings. The molecule has 0 spiro atoms. The molecule has 1 aliphatic heterocycles. The first-order valence-electron chi connectivity index (χ1n) is 6.37. The van der Waals surface area contributed by atoms with Gasteiger partial charge in [-0.3, -0.25) is 9.45 Å². The molecule has 0 aromatic heterocycles. The average Bonchev–Trinajstić information content (AvgIpc) is 2.39. The highest BCUT2D eigenvalue weighted by atomic mass is 32.2. The third-order valence-corrected chi connectivity index (χ3v) is 3.52. The Balaban J connectivity index is 0.000000347. The Morgan fingerprint density at radius 2 is 1.75 bits per heavy atom. The maximum Gasteiger partial charge on any atom is 0.261 e. The summed E-state index contributed by atoms with van der Waals surface area (Å²) in [6, 6.07) is 8.91. The Morgan fingerprint density at radius 3 is 2.20 bits per heavy atom. The Hall–Kier alpha value is -0.600. The third-order valence-electron chi connectivity index (χ3n) is 2.77. The quantitative estimate of drug-likeness (QED) is 0.647. The van der Waals surface area contributed by atoms with Gasteiger partial charge in [0.05, 0.1) is 6.26 Å². The third kappa shape index (κ3) is 8.55. The van der Waals surface area contributed by atoms with E-state index in [4.69, 9.17) is 4.55 Å². The molecule has 7 heteroatoms. The Morgan fingerprint density at radius 1 is 1.25 bits per heavy atom. The molecule has 1 heterocycles. The first kappa shape index (κ1) is 17.5. The molecule has 0 unspecified atom stereocenters. The summed E-state index contributed by atoms with van der Waals surface area (Å²) in [5.74, 6) is 0. The fourth-order valence-electron chi connectivity index (χ4n) is 1.86. The first-order chi connectivity index (χ1) is 9.38. The second kappa shape index (κ2) is 8.63. The Kier molecular flexibility index (Phi) is 7.53. The molecular formula is C13H22N2O3S2. The van der Waals surface area contributed by atoms with Crippen molar-refractivity contribution in [2.24, 2.45) is 0 Å². The SMILES string of the molecule is CS(=O)(=O)O.CSc1ccc(CN2CCNCC2)cc1. The molecule has 1 aromatic rings. The smallest absolute Gasteiger partial charge is 0.261 e. The summed E-state index contributed by atoms with van der Waals surface area (Å²) in [5, 5.41) is 3.37. The molecular weight excluding hydrogens is 296 g/mol. The van der Waals surface area contributed by atoms with Gasteiger partial charge in [-0.15, -0.1) is 11.8 Å². The maximum absolute atomic E-state index is 9.19. The van der Waals surface area contributed by atoms with Crippen molar-refractivity contribution in [1.29, 1.82) is 0 Å². The second-order valence-corrected chi connectivity index (χ2v) is 6.95. The van der Waals surface area contributed by atoms with Crippen molar-refractivity contribution in [1.82, 2.24) is 10.2 Å². The highest BCUT2D eigenvalue weighted by molar-refractivity contribution is 7.98. The maximum atomic E-state index is 9.19. The van der Waals surface area contributed by atoms with Gasteiger partial charge in [0, 0.05) is 37.6 Å². The lowest BCUT2D eigenvalue weighted by Crippen LogP contribution is -2.42. The summed E-state index contributed by atoms with van der Waals surface area (Å²) < 4.78 is 25.9. The van der Waals surface area contributed by atoms with Gasteiger partial charge in [-0.2, -0.15) is 8.42 Å². The molecule has 1 saturated heterocycles. The van der Waals surface area contributed by atoms with Crippen LogP contribution in [0.25, 0.3) is 0 Å². The van der Waals surface area contributed by atoms with E-state index in [2.05, 4.69) is 40.7 Å². The number of nitrogens with one attached hydrogen (secondary N) is 1. The van der Waals surface area contributed by atoms with Crippen LogP contribution >= 0.6 is 11.8 Å². The predicted molar refractivity (Wildman–Crippen MR) is 83.8 cm³/mol. The molecule has 0 amide bonds. The second-order valence-electron chi connectivity index (χ2n) is 4.61. The van der Waals surface area contributed by atoms with Gasteiger partial charge in [0.2, 0.25) is 0 Å². The molecule has 0 aliphatic carbocycles. The topological polar surface area (TPSA) is 69.6 Å². The van der Waals surface area contributed by atoms with E-state index in [0.717, 1.165) is 19.6 Å². The van der Waals surface area contributed by atoms with E-state index >= 15 is 0 Å². The molecule has 1 fully saturated rings. The van der Waals surface area contributed by atoms with Crippen LogP contribution in [0.4, 0.5) is 0 Å². The van der Waals surface area contributed by atoms with Crippen LogP contribution in [-0.4, -0.2) is 56.6 Å². The Bertz CT molecular complexity index is 475. The van der Waals surface area contributed by atoms with Crippen molar-refractivity contribution in [2.45, 2.75) is 11.4 Å². The van der Waals surface area contributed by atoms with Crippen molar-refractivity contribution in [2.75, 3.05) is 38.7 Å². The molecule has 0 radical (unpaired) electrons. The van der Waals surface area contributed by atoms with E-state index < -0.39 is 10.1 Å². The van der Waals surface area contributed by atoms with Crippen LogP contribution in [0, 0.1) is 0 Å². The summed E-state index contributed by atoms with van der Waals surface area (Å²) in [7, 11) is -3.67. The number of hydrogen-bond acceptors (Lipinski definition) is 5. The lowest BCUT2D eigenvalue weighted by molar-refractivity contribution is 0.233. The highest BCUT2D eigenvalue weighted by Gasteiger charge is 2.09. The molecule has 2 rings (SSSR count). The van der Waals surface area contributed by atoms with Crippen LogP contribution in [0.3, 0.4) is 0 Å². The number of benzene rings is 1. The lowest BCUT2D eigenvalue weighted by Gasteiger charge is -2.27. The molecule has 0 saturated carbocycles. The summed E-state index contributed by atoms with van der Waals surface area (Å²) in [5.41, 5.74) is 1.43. The zero-order valence-electron chi connectivity index (χ0n) is 11.9. The molecule has 5 nitrogen and oxygen atoms in total. The monoisotopic (exact) mass is 318 g/mol.